The first-order valence-corrected chi connectivity index (χ1v) is 7.71. The summed E-state index contributed by atoms with van der Waals surface area (Å²) in [6.07, 6.45) is 0.899. The number of ether oxygens (including phenoxy) is 1. The summed E-state index contributed by atoms with van der Waals surface area (Å²) in [6.45, 7) is 8.75. The predicted molar refractivity (Wildman–Crippen MR) is 88.0 cm³/mol. The van der Waals surface area contributed by atoms with Gasteiger partial charge in [0.15, 0.2) is 0 Å². The van der Waals surface area contributed by atoms with Crippen molar-refractivity contribution in [2.45, 2.75) is 27.2 Å². The maximum Gasteiger partial charge on any atom is 0.238 e. The quantitative estimate of drug-likeness (QED) is 0.688. The van der Waals surface area contributed by atoms with Crippen LogP contribution in [0, 0.1) is 12.8 Å². The molecule has 2 N–H and O–H groups in total. The molecule has 0 aliphatic rings. The van der Waals surface area contributed by atoms with Crippen LogP contribution in [0.5, 0.6) is 0 Å². The van der Waals surface area contributed by atoms with Crippen molar-refractivity contribution < 1.29 is 9.53 Å². The van der Waals surface area contributed by atoms with Gasteiger partial charge in [-0.25, -0.2) is 0 Å². The summed E-state index contributed by atoms with van der Waals surface area (Å²) >= 11 is 5.92. The SMILES string of the molecule is Cc1ccc(Cl)cc1NC(=O)CNCCCOCC(C)C. The fraction of sp³-hybridized carbons (Fsp3) is 0.562. The topological polar surface area (TPSA) is 50.4 Å². The molecule has 0 spiro atoms. The number of hydrogen-bond donors (Lipinski definition) is 2. The van der Waals surface area contributed by atoms with Crippen molar-refractivity contribution in [1.82, 2.24) is 5.32 Å². The molecule has 4 nitrogen and oxygen atoms in total. The highest BCUT2D eigenvalue weighted by Crippen LogP contribution is 2.19. The third kappa shape index (κ3) is 8.05. The van der Waals surface area contributed by atoms with E-state index in [1.54, 1.807) is 6.07 Å². The van der Waals surface area contributed by atoms with Gasteiger partial charge < -0.3 is 15.4 Å². The van der Waals surface area contributed by atoms with Crippen LogP contribution < -0.4 is 10.6 Å². The van der Waals surface area contributed by atoms with E-state index in [-0.39, 0.29) is 12.5 Å². The number of amides is 1. The molecule has 0 atom stereocenters. The highest BCUT2D eigenvalue weighted by Gasteiger charge is 2.05. The molecule has 1 aromatic rings. The van der Waals surface area contributed by atoms with Gasteiger partial charge in [-0.15, -0.1) is 0 Å². The normalized spacial score (nSPS) is 10.9. The number of rotatable bonds is 9. The fourth-order valence-corrected chi connectivity index (χ4v) is 1.92. The molecular formula is C16H25ClN2O2. The highest BCUT2D eigenvalue weighted by molar-refractivity contribution is 6.31. The Hall–Kier alpha value is -1.10. The summed E-state index contributed by atoms with van der Waals surface area (Å²) in [7, 11) is 0. The van der Waals surface area contributed by atoms with Crippen LogP contribution in [0.25, 0.3) is 0 Å². The van der Waals surface area contributed by atoms with Crippen LogP contribution in [0.2, 0.25) is 5.02 Å². The first-order chi connectivity index (χ1) is 9.99. The average molecular weight is 313 g/mol. The van der Waals surface area contributed by atoms with Crippen LogP contribution >= 0.6 is 11.6 Å². The van der Waals surface area contributed by atoms with E-state index in [1.807, 2.05) is 19.1 Å². The minimum Gasteiger partial charge on any atom is -0.381 e. The Morgan fingerprint density at radius 3 is 2.86 bits per heavy atom. The summed E-state index contributed by atoms with van der Waals surface area (Å²) < 4.78 is 5.47. The van der Waals surface area contributed by atoms with Crippen LogP contribution in [0.4, 0.5) is 5.69 Å². The molecule has 1 rings (SSSR count). The molecule has 1 aromatic carbocycles. The Labute approximate surface area is 132 Å². The van der Waals surface area contributed by atoms with Crippen molar-refractivity contribution in [3.8, 4) is 0 Å². The van der Waals surface area contributed by atoms with Crippen molar-refractivity contribution >= 4 is 23.2 Å². The zero-order valence-corrected chi connectivity index (χ0v) is 13.8. The van der Waals surface area contributed by atoms with Crippen molar-refractivity contribution in [1.29, 1.82) is 0 Å². The second-order valence-corrected chi connectivity index (χ2v) is 5.94. The molecule has 0 aliphatic carbocycles. The smallest absolute Gasteiger partial charge is 0.238 e. The van der Waals surface area contributed by atoms with E-state index in [1.165, 1.54) is 0 Å². The Bertz CT molecular complexity index is 450. The molecule has 0 aromatic heterocycles. The van der Waals surface area contributed by atoms with E-state index in [2.05, 4.69) is 24.5 Å². The van der Waals surface area contributed by atoms with Gasteiger partial charge in [-0.05, 0) is 43.5 Å². The summed E-state index contributed by atoms with van der Waals surface area (Å²) in [5.74, 6) is 0.494. The molecule has 0 unspecified atom stereocenters. The molecule has 0 saturated heterocycles. The molecule has 0 heterocycles. The lowest BCUT2D eigenvalue weighted by atomic mass is 10.2. The molecule has 0 aliphatic heterocycles. The Morgan fingerprint density at radius 1 is 1.38 bits per heavy atom. The van der Waals surface area contributed by atoms with Gasteiger partial charge in [0.1, 0.15) is 0 Å². The van der Waals surface area contributed by atoms with Gasteiger partial charge in [-0.3, -0.25) is 4.79 Å². The number of benzene rings is 1. The monoisotopic (exact) mass is 312 g/mol. The van der Waals surface area contributed by atoms with E-state index < -0.39 is 0 Å². The lowest BCUT2D eigenvalue weighted by Gasteiger charge is -2.10. The van der Waals surface area contributed by atoms with Crippen molar-refractivity contribution in [2.75, 3.05) is 31.6 Å². The lowest BCUT2D eigenvalue weighted by Crippen LogP contribution is -2.29. The van der Waals surface area contributed by atoms with Crippen LogP contribution in [-0.4, -0.2) is 32.2 Å². The molecule has 5 heteroatoms. The third-order valence-corrected chi connectivity index (χ3v) is 3.09. The number of anilines is 1. The first-order valence-electron chi connectivity index (χ1n) is 7.33. The largest absolute Gasteiger partial charge is 0.381 e. The summed E-state index contributed by atoms with van der Waals surface area (Å²) in [6, 6.07) is 5.45. The summed E-state index contributed by atoms with van der Waals surface area (Å²) in [4.78, 5) is 11.8. The highest BCUT2D eigenvalue weighted by atomic mass is 35.5. The number of carbonyl (C=O) groups is 1. The third-order valence-electron chi connectivity index (χ3n) is 2.85. The zero-order valence-electron chi connectivity index (χ0n) is 13.0. The standard InChI is InChI=1S/C16H25ClN2O2/c1-12(2)11-21-8-4-7-18-10-16(20)19-15-9-14(17)6-5-13(15)3/h5-6,9,12,18H,4,7-8,10-11H2,1-3H3,(H,19,20). The Morgan fingerprint density at radius 2 is 2.14 bits per heavy atom. The predicted octanol–water partition coefficient (Wildman–Crippen LogP) is 3.24. The van der Waals surface area contributed by atoms with E-state index in [0.29, 0.717) is 10.9 Å². The van der Waals surface area contributed by atoms with Gasteiger partial charge in [0.2, 0.25) is 5.91 Å². The van der Waals surface area contributed by atoms with Gasteiger partial charge in [-0.1, -0.05) is 31.5 Å². The maximum atomic E-state index is 11.8. The molecule has 1 amide bonds. The molecule has 118 valence electrons. The molecule has 0 radical (unpaired) electrons. The fourth-order valence-electron chi connectivity index (χ4n) is 1.74. The molecule has 21 heavy (non-hydrogen) atoms. The second kappa shape index (κ2) is 9.77. The van der Waals surface area contributed by atoms with Gasteiger partial charge >= 0.3 is 0 Å². The number of halogens is 1. The van der Waals surface area contributed by atoms with E-state index >= 15 is 0 Å². The Balaban J connectivity index is 2.15. The van der Waals surface area contributed by atoms with Gasteiger partial charge in [-0.2, -0.15) is 0 Å². The minimum atomic E-state index is -0.0662. The first kappa shape index (κ1) is 18.0. The van der Waals surface area contributed by atoms with E-state index in [9.17, 15) is 4.79 Å². The average Bonchev–Trinajstić information content (AvgIpc) is 2.41. The van der Waals surface area contributed by atoms with Crippen molar-refractivity contribution in [3.05, 3.63) is 28.8 Å². The van der Waals surface area contributed by atoms with Gasteiger partial charge in [0.05, 0.1) is 6.54 Å². The number of nitrogens with one attached hydrogen (secondary N) is 2. The minimum absolute atomic E-state index is 0.0662. The van der Waals surface area contributed by atoms with Crippen molar-refractivity contribution in [2.24, 2.45) is 5.92 Å². The zero-order chi connectivity index (χ0) is 15.7. The molecule has 0 fully saturated rings. The summed E-state index contributed by atoms with van der Waals surface area (Å²) in [5, 5.41) is 6.57. The van der Waals surface area contributed by atoms with Crippen LogP contribution in [0.1, 0.15) is 25.8 Å². The number of hydrogen-bond acceptors (Lipinski definition) is 3. The second-order valence-electron chi connectivity index (χ2n) is 5.51. The Kier molecular flexibility index (Phi) is 8.35. The number of aryl methyl sites for hydroxylation is 1. The molecule has 0 saturated carbocycles. The van der Waals surface area contributed by atoms with Crippen LogP contribution in [0.15, 0.2) is 18.2 Å². The molecular weight excluding hydrogens is 288 g/mol. The van der Waals surface area contributed by atoms with E-state index in [0.717, 1.165) is 37.4 Å². The van der Waals surface area contributed by atoms with Crippen LogP contribution in [0.3, 0.4) is 0 Å². The lowest BCUT2D eigenvalue weighted by molar-refractivity contribution is -0.115. The van der Waals surface area contributed by atoms with Crippen molar-refractivity contribution in [3.63, 3.8) is 0 Å². The molecule has 0 bridgehead atoms. The summed E-state index contributed by atoms with van der Waals surface area (Å²) in [5.41, 5.74) is 1.75. The number of carbonyl (C=O) groups excluding carboxylic acids is 1. The maximum absolute atomic E-state index is 11.8. The van der Waals surface area contributed by atoms with Gasteiger partial charge in [0, 0.05) is 23.9 Å². The van der Waals surface area contributed by atoms with E-state index in [4.69, 9.17) is 16.3 Å². The van der Waals surface area contributed by atoms with Gasteiger partial charge in [0.25, 0.3) is 0 Å². The van der Waals surface area contributed by atoms with Crippen LogP contribution in [-0.2, 0) is 9.53 Å².